The van der Waals surface area contributed by atoms with Crippen molar-refractivity contribution in [1.82, 2.24) is 19.4 Å². The lowest BCUT2D eigenvalue weighted by Gasteiger charge is -2.35. The average Bonchev–Trinajstić information content (AvgIpc) is 3.30. The molecule has 0 N–H and O–H groups in total. The number of nitrogens with zero attached hydrogens (tertiary/aromatic N) is 5. The third-order valence-electron chi connectivity index (χ3n) is 6.83. The Morgan fingerprint density at radius 3 is 2.41 bits per heavy atom. The molecule has 4 aromatic rings. The molecule has 1 fully saturated rings. The van der Waals surface area contributed by atoms with Gasteiger partial charge < -0.3 is 14.4 Å². The van der Waals surface area contributed by atoms with Gasteiger partial charge in [0.2, 0.25) is 5.91 Å². The van der Waals surface area contributed by atoms with Gasteiger partial charge in [0, 0.05) is 43.6 Å². The number of carbonyl (C=O) groups excluding carboxylic acids is 1. The van der Waals surface area contributed by atoms with E-state index >= 15 is 0 Å². The van der Waals surface area contributed by atoms with Crippen LogP contribution in [0.4, 0.5) is 5.82 Å². The molecule has 174 valence electrons. The molecule has 1 aliphatic rings. The number of hydrogen-bond donors (Lipinski definition) is 0. The van der Waals surface area contributed by atoms with E-state index in [1.54, 1.807) is 6.33 Å². The fraction of sp³-hybridized carbons (Fsp3) is 0.321. The summed E-state index contributed by atoms with van der Waals surface area (Å²) in [6, 6.07) is 20.7. The van der Waals surface area contributed by atoms with Crippen LogP contribution in [0.1, 0.15) is 26.7 Å². The van der Waals surface area contributed by atoms with Crippen LogP contribution in [0.25, 0.3) is 27.8 Å². The van der Waals surface area contributed by atoms with Gasteiger partial charge in [0.05, 0.1) is 11.3 Å². The van der Waals surface area contributed by atoms with Gasteiger partial charge in [-0.05, 0) is 44.4 Å². The van der Waals surface area contributed by atoms with Crippen molar-refractivity contribution in [3.63, 3.8) is 0 Å². The SMILES string of the molecule is CCN(CC)C(=O)[C@H]1CCCN(c2ncnc3c2c(-c2ccccc2)cn3-c2ccccc2)C1. The summed E-state index contributed by atoms with van der Waals surface area (Å²) in [7, 11) is 0. The fourth-order valence-corrected chi connectivity index (χ4v) is 5.07. The number of para-hydroxylation sites is 1. The molecule has 1 amide bonds. The predicted molar refractivity (Wildman–Crippen MR) is 137 cm³/mol. The maximum absolute atomic E-state index is 13.1. The molecule has 34 heavy (non-hydrogen) atoms. The Kier molecular flexibility index (Phi) is 6.30. The standard InChI is InChI=1S/C28H31N5O/c1-3-31(4-2)28(34)22-14-11-17-32(18-22)26-25-24(21-12-7-5-8-13-21)19-33(27(25)30-20-29-26)23-15-9-6-10-16-23/h5-10,12-13,15-16,19-20,22H,3-4,11,14,17-18H2,1-2H3/t22-/m0/s1. The number of anilines is 1. The first-order chi connectivity index (χ1) is 16.7. The molecule has 1 aliphatic heterocycles. The van der Waals surface area contributed by atoms with Gasteiger partial charge in [-0.2, -0.15) is 0 Å². The Morgan fingerprint density at radius 2 is 1.71 bits per heavy atom. The molecule has 0 radical (unpaired) electrons. The molecular weight excluding hydrogens is 422 g/mol. The molecule has 1 saturated heterocycles. The molecule has 3 heterocycles. The Morgan fingerprint density at radius 1 is 1.00 bits per heavy atom. The molecule has 0 aliphatic carbocycles. The summed E-state index contributed by atoms with van der Waals surface area (Å²) in [5.74, 6) is 1.16. The quantitative estimate of drug-likeness (QED) is 0.404. The number of benzene rings is 2. The van der Waals surface area contributed by atoms with Crippen molar-refractivity contribution in [2.45, 2.75) is 26.7 Å². The van der Waals surface area contributed by atoms with E-state index in [1.165, 1.54) is 0 Å². The van der Waals surface area contributed by atoms with Crippen LogP contribution in [0.3, 0.4) is 0 Å². The van der Waals surface area contributed by atoms with E-state index in [2.05, 4.69) is 52.1 Å². The first kappa shape index (κ1) is 22.1. The Balaban J connectivity index is 1.62. The highest BCUT2D eigenvalue weighted by atomic mass is 16.2. The molecule has 0 spiro atoms. The number of rotatable bonds is 6. The highest BCUT2D eigenvalue weighted by Gasteiger charge is 2.30. The van der Waals surface area contributed by atoms with Crippen molar-refractivity contribution in [2.24, 2.45) is 5.92 Å². The molecule has 2 aromatic carbocycles. The van der Waals surface area contributed by atoms with Crippen molar-refractivity contribution < 1.29 is 4.79 Å². The second-order valence-electron chi connectivity index (χ2n) is 8.81. The van der Waals surface area contributed by atoms with Gasteiger partial charge in [0.1, 0.15) is 12.1 Å². The van der Waals surface area contributed by atoms with Crippen LogP contribution in [-0.4, -0.2) is 51.5 Å². The fourth-order valence-electron chi connectivity index (χ4n) is 5.07. The van der Waals surface area contributed by atoms with Crippen molar-refractivity contribution in [2.75, 3.05) is 31.1 Å². The van der Waals surface area contributed by atoms with Gasteiger partial charge >= 0.3 is 0 Å². The minimum Gasteiger partial charge on any atom is -0.355 e. The van der Waals surface area contributed by atoms with E-state index < -0.39 is 0 Å². The van der Waals surface area contributed by atoms with Gasteiger partial charge in [-0.3, -0.25) is 4.79 Å². The van der Waals surface area contributed by atoms with Crippen LogP contribution >= 0.6 is 0 Å². The minimum absolute atomic E-state index is 0.00458. The van der Waals surface area contributed by atoms with Crippen LogP contribution in [0.15, 0.2) is 73.2 Å². The summed E-state index contributed by atoms with van der Waals surface area (Å²) in [5.41, 5.74) is 4.18. The molecule has 0 saturated carbocycles. The zero-order valence-corrected chi connectivity index (χ0v) is 19.9. The first-order valence-electron chi connectivity index (χ1n) is 12.2. The third kappa shape index (κ3) is 4.04. The first-order valence-corrected chi connectivity index (χ1v) is 12.2. The van der Waals surface area contributed by atoms with E-state index in [-0.39, 0.29) is 11.8 Å². The van der Waals surface area contributed by atoms with E-state index in [0.29, 0.717) is 6.54 Å². The zero-order chi connectivity index (χ0) is 23.5. The van der Waals surface area contributed by atoms with Gasteiger partial charge in [-0.15, -0.1) is 0 Å². The van der Waals surface area contributed by atoms with Crippen LogP contribution in [0, 0.1) is 5.92 Å². The number of carbonyl (C=O) groups is 1. The molecule has 1 atom stereocenters. The largest absolute Gasteiger partial charge is 0.355 e. The Bertz CT molecular complexity index is 1260. The van der Waals surface area contributed by atoms with E-state index in [1.807, 2.05) is 43.0 Å². The van der Waals surface area contributed by atoms with Crippen molar-refractivity contribution in [1.29, 1.82) is 0 Å². The van der Waals surface area contributed by atoms with Gasteiger partial charge in [-0.25, -0.2) is 9.97 Å². The number of hydrogen-bond acceptors (Lipinski definition) is 4. The summed E-state index contributed by atoms with van der Waals surface area (Å²) in [6.45, 7) is 7.18. The third-order valence-corrected chi connectivity index (χ3v) is 6.83. The lowest BCUT2D eigenvalue weighted by molar-refractivity contribution is -0.135. The van der Waals surface area contributed by atoms with Crippen LogP contribution in [-0.2, 0) is 4.79 Å². The van der Waals surface area contributed by atoms with Crippen molar-refractivity contribution in [3.05, 3.63) is 73.2 Å². The van der Waals surface area contributed by atoms with E-state index in [9.17, 15) is 4.79 Å². The summed E-state index contributed by atoms with van der Waals surface area (Å²) in [5, 5.41) is 1.04. The van der Waals surface area contributed by atoms with Crippen LogP contribution < -0.4 is 4.90 Å². The lowest BCUT2D eigenvalue weighted by atomic mass is 9.96. The highest BCUT2D eigenvalue weighted by molar-refractivity contribution is 6.02. The van der Waals surface area contributed by atoms with Crippen LogP contribution in [0.2, 0.25) is 0 Å². The number of amides is 1. The number of fused-ring (bicyclic) bond motifs is 1. The molecule has 5 rings (SSSR count). The predicted octanol–water partition coefficient (Wildman–Crippen LogP) is 5.17. The van der Waals surface area contributed by atoms with Crippen molar-refractivity contribution in [3.8, 4) is 16.8 Å². The summed E-state index contributed by atoms with van der Waals surface area (Å²) in [6.07, 6.45) is 5.72. The van der Waals surface area contributed by atoms with E-state index in [0.717, 1.165) is 66.1 Å². The minimum atomic E-state index is -0.00458. The maximum Gasteiger partial charge on any atom is 0.227 e. The topological polar surface area (TPSA) is 54.3 Å². The number of piperidine rings is 1. The average molecular weight is 454 g/mol. The molecule has 0 bridgehead atoms. The van der Waals surface area contributed by atoms with Crippen molar-refractivity contribution >= 4 is 22.8 Å². The zero-order valence-electron chi connectivity index (χ0n) is 19.9. The smallest absolute Gasteiger partial charge is 0.227 e. The van der Waals surface area contributed by atoms with Gasteiger partial charge in [0.25, 0.3) is 0 Å². The molecular formula is C28H31N5O. The van der Waals surface area contributed by atoms with Crippen LogP contribution in [0.5, 0.6) is 0 Å². The highest BCUT2D eigenvalue weighted by Crippen LogP contribution is 2.38. The Hall–Kier alpha value is -3.67. The summed E-state index contributed by atoms with van der Waals surface area (Å²) >= 11 is 0. The normalized spacial score (nSPS) is 16.1. The van der Waals surface area contributed by atoms with Gasteiger partial charge in [0.15, 0.2) is 5.65 Å². The summed E-state index contributed by atoms with van der Waals surface area (Å²) in [4.78, 5) is 26.9. The second kappa shape index (κ2) is 9.67. The second-order valence-corrected chi connectivity index (χ2v) is 8.81. The molecule has 0 unspecified atom stereocenters. The summed E-state index contributed by atoms with van der Waals surface area (Å²) < 4.78 is 2.14. The number of aromatic nitrogens is 3. The van der Waals surface area contributed by atoms with E-state index in [4.69, 9.17) is 9.97 Å². The molecule has 6 heteroatoms. The van der Waals surface area contributed by atoms with Gasteiger partial charge in [-0.1, -0.05) is 48.5 Å². The molecule has 2 aromatic heterocycles. The monoisotopic (exact) mass is 453 g/mol. The lowest BCUT2D eigenvalue weighted by Crippen LogP contribution is -2.45. The maximum atomic E-state index is 13.1. The molecule has 6 nitrogen and oxygen atoms in total. The Labute approximate surface area is 200 Å².